The van der Waals surface area contributed by atoms with Crippen molar-refractivity contribution >= 4 is 33.9 Å². The van der Waals surface area contributed by atoms with Crippen LogP contribution in [0.1, 0.15) is 5.56 Å². The van der Waals surface area contributed by atoms with Gasteiger partial charge >= 0.3 is 6.36 Å². The average Bonchev–Trinajstić information content (AvgIpc) is 3.21. The molecule has 3 heterocycles. The highest BCUT2D eigenvalue weighted by Gasteiger charge is 2.30. The van der Waals surface area contributed by atoms with Gasteiger partial charge in [-0.1, -0.05) is 23.1 Å². The Labute approximate surface area is 182 Å². The SMILES string of the molecule is FC(F)(F)Oc1ccc(Nc2nnc(SCc3cnc(-c4cncnc4)nc3)s2)cc1. The van der Waals surface area contributed by atoms with Gasteiger partial charge in [0.15, 0.2) is 10.2 Å². The molecule has 8 nitrogen and oxygen atoms in total. The van der Waals surface area contributed by atoms with Crippen molar-refractivity contribution in [3.8, 4) is 17.1 Å². The van der Waals surface area contributed by atoms with Crippen LogP contribution in [0.5, 0.6) is 5.75 Å². The third-order valence-electron chi connectivity index (χ3n) is 3.63. The third kappa shape index (κ3) is 6.08. The Balaban J connectivity index is 1.31. The average molecular weight is 463 g/mol. The van der Waals surface area contributed by atoms with E-state index in [0.717, 1.165) is 15.5 Å². The molecular formula is C18H12F3N7OS2. The van der Waals surface area contributed by atoms with Gasteiger partial charge in [-0.05, 0) is 29.8 Å². The Hall–Kier alpha value is -3.32. The van der Waals surface area contributed by atoms with E-state index < -0.39 is 6.36 Å². The molecule has 0 aliphatic carbocycles. The van der Waals surface area contributed by atoms with Gasteiger partial charge < -0.3 is 10.1 Å². The van der Waals surface area contributed by atoms with Crippen LogP contribution in [0.2, 0.25) is 0 Å². The van der Waals surface area contributed by atoms with Crippen LogP contribution >= 0.6 is 23.1 Å². The number of thioether (sulfide) groups is 1. The van der Waals surface area contributed by atoms with Gasteiger partial charge in [-0.15, -0.1) is 23.4 Å². The summed E-state index contributed by atoms with van der Waals surface area (Å²) >= 11 is 2.79. The highest BCUT2D eigenvalue weighted by atomic mass is 32.2. The molecule has 3 aromatic heterocycles. The van der Waals surface area contributed by atoms with Gasteiger partial charge in [0.25, 0.3) is 0 Å². The number of anilines is 2. The number of hydrogen-bond acceptors (Lipinski definition) is 10. The number of nitrogens with zero attached hydrogens (tertiary/aromatic N) is 6. The van der Waals surface area contributed by atoms with Gasteiger partial charge in [-0.25, -0.2) is 19.9 Å². The van der Waals surface area contributed by atoms with Gasteiger partial charge in [0.2, 0.25) is 5.13 Å². The monoisotopic (exact) mass is 463 g/mol. The molecular weight excluding hydrogens is 451 g/mol. The third-order valence-corrected chi connectivity index (χ3v) is 5.68. The van der Waals surface area contributed by atoms with Crippen LogP contribution in [0.4, 0.5) is 24.0 Å². The maximum Gasteiger partial charge on any atom is 0.573 e. The fourth-order valence-corrected chi connectivity index (χ4v) is 4.00. The summed E-state index contributed by atoms with van der Waals surface area (Å²) in [6.45, 7) is 0. The molecule has 0 bridgehead atoms. The Bertz CT molecular complexity index is 1120. The molecule has 158 valence electrons. The van der Waals surface area contributed by atoms with Crippen molar-refractivity contribution < 1.29 is 17.9 Å². The van der Waals surface area contributed by atoms with E-state index in [1.54, 1.807) is 24.8 Å². The number of halogens is 3. The normalized spacial score (nSPS) is 11.3. The van der Waals surface area contributed by atoms with Crippen molar-refractivity contribution in [2.24, 2.45) is 0 Å². The lowest BCUT2D eigenvalue weighted by atomic mass is 10.3. The maximum atomic E-state index is 12.2. The number of ether oxygens (including phenoxy) is 1. The Kier molecular flexibility index (Phi) is 6.23. The van der Waals surface area contributed by atoms with Gasteiger partial charge in [0, 0.05) is 36.2 Å². The number of alkyl halides is 3. The summed E-state index contributed by atoms with van der Waals surface area (Å²) in [4.78, 5) is 16.5. The summed E-state index contributed by atoms with van der Waals surface area (Å²) in [6.07, 6.45) is 3.46. The van der Waals surface area contributed by atoms with Crippen LogP contribution in [-0.4, -0.2) is 36.5 Å². The molecule has 1 N–H and O–H groups in total. The molecule has 13 heteroatoms. The van der Waals surface area contributed by atoms with Crippen LogP contribution in [0, 0.1) is 0 Å². The molecule has 0 amide bonds. The maximum absolute atomic E-state index is 12.2. The molecule has 0 saturated carbocycles. The highest BCUT2D eigenvalue weighted by Crippen LogP contribution is 2.31. The van der Waals surface area contributed by atoms with E-state index in [9.17, 15) is 13.2 Å². The fraction of sp³-hybridized carbons (Fsp3) is 0.111. The first-order chi connectivity index (χ1) is 14.9. The Morgan fingerprint density at radius 1 is 0.968 bits per heavy atom. The lowest BCUT2D eigenvalue weighted by Gasteiger charge is -2.09. The van der Waals surface area contributed by atoms with Crippen molar-refractivity contribution in [1.29, 1.82) is 0 Å². The molecule has 0 saturated heterocycles. The first kappa shape index (κ1) is 20.9. The van der Waals surface area contributed by atoms with Crippen molar-refractivity contribution in [3.63, 3.8) is 0 Å². The first-order valence-corrected chi connectivity index (χ1v) is 10.4. The number of nitrogens with one attached hydrogen (secondary N) is 1. The van der Waals surface area contributed by atoms with Crippen molar-refractivity contribution in [1.82, 2.24) is 30.1 Å². The quantitative estimate of drug-likeness (QED) is 0.390. The summed E-state index contributed by atoms with van der Waals surface area (Å²) in [7, 11) is 0. The second kappa shape index (κ2) is 9.22. The van der Waals surface area contributed by atoms with Crippen molar-refractivity contribution in [3.05, 3.63) is 60.9 Å². The summed E-state index contributed by atoms with van der Waals surface area (Å²) < 4.78 is 41.2. The fourth-order valence-electron chi connectivity index (χ4n) is 2.32. The molecule has 31 heavy (non-hydrogen) atoms. The minimum absolute atomic E-state index is 0.292. The molecule has 1 aromatic carbocycles. The summed E-state index contributed by atoms with van der Waals surface area (Å²) in [5.41, 5.74) is 2.21. The standard InChI is InChI=1S/C18H12F3N7OS2/c19-18(20,21)29-14-3-1-13(2-4-14)26-16-27-28-17(31-16)30-9-11-5-24-15(25-6-11)12-7-22-10-23-8-12/h1-8,10H,9H2,(H,26,27). The van der Waals surface area contributed by atoms with Gasteiger partial charge in [0.1, 0.15) is 12.1 Å². The summed E-state index contributed by atoms with van der Waals surface area (Å²) in [5, 5.41) is 11.6. The zero-order valence-electron chi connectivity index (χ0n) is 15.4. The lowest BCUT2D eigenvalue weighted by molar-refractivity contribution is -0.274. The van der Waals surface area contributed by atoms with E-state index in [1.165, 1.54) is 53.7 Å². The molecule has 0 radical (unpaired) electrons. The van der Waals surface area contributed by atoms with Crippen molar-refractivity contribution in [2.75, 3.05) is 5.32 Å². The molecule has 4 aromatic rings. The zero-order chi connectivity index (χ0) is 21.7. The molecule has 4 rings (SSSR count). The number of benzene rings is 1. The summed E-state index contributed by atoms with van der Waals surface area (Å²) in [6, 6.07) is 5.37. The molecule has 0 aliphatic heterocycles. The van der Waals surface area contributed by atoms with Crippen LogP contribution in [-0.2, 0) is 5.75 Å². The second-order valence-electron chi connectivity index (χ2n) is 5.90. The minimum atomic E-state index is -4.72. The molecule has 0 aliphatic rings. The van der Waals surface area contributed by atoms with Gasteiger partial charge in [0.05, 0.1) is 5.56 Å². The topological polar surface area (TPSA) is 98.6 Å². The molecule has 0 spiro atoms. The van der Waals surface area contributed by atoms with E-state index >= 15 is 0 Å². The van der Waals surface area contributed by atoms with E-state index in [-0.39, 0.29) is 5.75 Å². The largest absolute Gasteiger partial charge is 0.573 e. The first-order valence-electron chi connectivity index (χ1n) is 8.60. The summed E-state index contributed by atoms with van der Waals surface area (Å²) in [5.74, 6) is 0.854. The minimum Gasteiger partial charge on any atom is -0.406 e. The van der Waals surface area contributed by atoms with E-state index in [4.69, 9.17) is 0 Å². The molecule has 0 fully saturated rings. The lowest BCUT2D eigenvalue weighted by Crippen LogP contribution is -2.16. The van der Waals surface area contributed by atoms with Gasteiger partial charge in [-0.2, -0.15) is 0 Å². The Morgan fingerprint density at radius 2 is 1.68 bits per heavy atom. The number of hydrogen-bond donors (Lipinski definition) is 1. The predicted molar refractivity (Wildman–Crippen MR) is 109 cm³/mol. The number of rotatable bonds is 7. The van der Waals surface area contributed by atoms with Gasteiger partial charge in [-0.3, -0.25) is 0 Å². The second-order valence-corrected chi connectivity index (χ2v) is 8.10. The smallest absolute Gasteiger partial charge is 0.406 e. The Morgan fingerprint density at radius 3 is 2.35 bits per heavy atom. The van der Waals surface area contributed by atoms with Crippen LogP contribution in [0.25, 0.3) is 11.4 Å². The van der Waals surface area contributed by atoms with Crippen LogP contribution in [0.15, 0.2) is 59.7 Å². The van der Waals surface area contributed by atoms with Crippen molar-refractivity contribution in [2.45, 2.75) is 16.5 Å². The predicted octanol–water partition coefficient (Wildman–Crippen LogP) is 4.72. The van der Waals surface area contributed by atoms with E-state index in [0.29, 0.717) is 22.4 Å². The highest BCUT2D eigenvalue weighted by molar-refractivity contribution is 8.00. The van der Waals surface area contributed by atoms with Crippen LogP contribution in [0.3, 0.4) is 0 Å². The number of aromatic nitrogens is 6. The molecule has 0 atom stereocenters. The van der Waals surface area contributed by atoms with E-state index in [1.807, 2.05) is 0 Å². The molecule has 0 unspecified atom stereocenters. The van der Waals surface area contributed by atoms with Crippen LogP contribution < -0.4 is 10.1 Å². The zero-order valence-corrected chi connectivity index (χ0v) is 17.1. The van der Waals surface area contributed by atoms with E-state index in [2.05, 4.69) is 40.2 Å².